The zero-order valence-electron chi connectivity index (χ0n) is 18.8. The summed E-state index contributed by atoms with van der Waals surface area (Å²) >= 11 is 0. The Labute approximate surface area is 195 Å². The third-order valence-corrected chi connectivity index (χ3v) is 6.93. The maximum absolute atomic E-state index is 12.8. The Morgan fingerprint density at radius 1 is 0.970 bits per heavy atom. The Balaban J connectivity index is 1.43. The van der Waals surface area contributed by atoms with Crippen molar-refractivity contribution in [1.82, 2.24) is 5.32 Å². The summed E-state index contributed by atoms with van der Waals surface area (Å²) < 4.78 is 31.8. The van der Waals surface area contributed by atoms with E-state index in [4.69, 9.17) is 4.74 Å². The topological polar surface area (TPSA) is 75.7 Å². The third-order valence-electron chi connectivity index (χ3n) is 5.79. The number of anilines is 1. The van der Waals surface area contributed by atoms with Crippen molar-refractivity contribution in [2.24, 2.45) is 0 Å². The highest BCUT2D eigenvalue weighted by Crippen LogP contribution is 2.27. The predicted octanol–water partition coefficient (Wildman–Crippen LogP) is 4.61. The Morgan fingerprint density at radius 2 is 1.64 bits per heavy atom. The lowest BCUT2D eigenvalue weighted by molar-refractivity contribution is -0.120. The molecule has 0 saturated carbocycles. The van der Waals surface area contributed by atoms with Crippen LogP contribution in [0.15, 0.2) is 72.8 Å². The number of aryl methyl sites for hydroxylation is 2. The van der Waals surface area contributed by atoms with Crippen LogP contribution in [0.1, 0.15) is 36.1 Å². The van der Waals surface area contributed by atoms with Gasteiger partial charge < -0.3 is 10.1 Å². The number of para-hydroxylation sites is 1. The van der Waals surface area contributed by atoms with Gasteiger partial charge >= 0.3 is 0 Å². The predicted molar refractivity (Wildman–Crippen MR) is 130 cm³/mol. The van der Waals surface area contributed by atoms with E-state index >= 15 is 0 Å². The van der Waals surface area contributed by atoms with Gasteiger partial charge in [0.25, 0.3) is 0 Å². The summed E-state index contributed by atoms with van der Waals surface area (Å²) in [7, 11) is -3.66. The molecule has 172 valence electrons. The summed E-state index contributed by atoms with van der Waals surface area (Å²) in [5, 5.41) is 2.93. The summed E-state index contributed by atoms with van der Waals surface area (Å²) in [6, 6.07) is 22.1. The fraction of sp³-hybridized carbons (Fsp3) is 0.269. The molecule has 0 saturated heterocycles. The fourth-order valence-corrected chi connectivity index (χ4v) is 4.92. The molecule has 0 spiro atoms. The van der Waals surface area contributed by atoms with E-state index < -0.39 is 10.0 Å². The van der Waals surface area contributed by atoms with Crippen molar-refractivity contribution in [2.75, 3.05) is 17.1 Å². The highest BCUT2D eigenvalue weighted by atomic mass is 32.2. The number of amides is 1. The molecule has 6 nitrogen and oxygen atoms in total. The summed E-state index contributed by atoms with van der Waals surface area (Å²) in [6.07, 6.45) is 4.43. The van der Waals surface area contributed by atoms with Crippen LogP contribution in [0.5, 0.6) is 11.5 Å². The maximum Gasteiger partial charge on any atom is 0.241 e. The molecule has 1 unspecified atom stereocenters. The molecular formula is C26H28N2O4S. The van der Waals surface area contributed by atoms with Crippen LogP contribution in [0, 0.1) is 0 Å². The Morgan fingerprint density at radius 3 is 2.33 bits per heavy atom. The minimum absolute atomic E-state index is 0.216. The molecule has 1 atom stereocenters. The molecule has 1 amide bonds. The number of hydrogen-bond donors (Lipinski definition) is 1. The molecule has 0 aromatic heterocycles. The first-order chi connectivity index (χ1) is 15.8. The van der Waals surface area contributed by atoms with Gasteiger partial charge in [0.2, 0.25) is 15.9 Å². The first kappa shape index (κ1) is 22.9. The summed E-state index contributed by atoms with van der Waals surface area (Å²) in [4.78, 5) is 12.8. The molecule has 0 fully saturated rings. The SMILES string of the molecule is CC(NC(=O)CN(c1ccc(Oc2ccccc2)cc1)S(C)(=O)=O)c1ccc2c(c1)CCC2. The molecule has 0 bridgehead atoms. The van der Waals surface area contributed by atoms with Crippen LogP contribution < -0.4 is 14.4 Å². The molecule has 3 aromatic carbocycles. The summed E-state index contributed by atoms with van der Waals surface area (Å²) in [6.45, 7) is 1.61. The Kier molecular flexibility index (Phi) is 6.70. The van der Waals surface area contributed by atoms with E-state index in [9.17, 15) is 13.2 Å². The van der Waals surface area contributed by atoms with Gasteiger partial charge in [-0.1, -0.05) is 36.4 Å². The molecule has 4 rings (SSSR count). The standard InChI is InChI=1S/C26H28N2O4S/c1-19(21-12-11-20-7-6-8-22(20)17-21)27-26(29)18-28(33(2,30)31)23-13-15-25(16-14-23)32-24-9-4-3-5-10-24/h3-5,9-17,19H,6-8,18H2,1-2H3,(H,27,29). The van der Waals surface area contributed by atoms with Crippen LogP contribution in [0.4, 0.5) is 5.69 Å². The van der Waals surface area contributed by atoms with E-state index in [1.54, 1.807) is 24.3 Å². The van der Waals surface area contributed by atoms with Gasteiger partial charge in [-0.05, 0) is 79.3 Å². The molecule has 3 aromatic rings. The van der Waals surface area contributed by atoms with E-state index in [0.717, 1.165) is 35.4 Å². The molecule has 1 N–H and O–H groups in total. The van der Waals surface area contributed by atoms with Crippen molar-refractivity contribution in [3.63, 3.8) is 0 Å². The van der Waals surface area contributed by atoms with Crippen LogP contribution in [-0.4, -0.2) is 27.1 Å². The summed E-state index contributed by atoms with van der Waals surface area (Å²) in [5.41, 5.74) is 4.14. The van der Waals surface area contributed by atoms with Crippen molar-refractivity contribution >= 4 is 21.6 Å². The molecular weight excluding hydrogens is 436 g/mol. The average molecular weight is 465 g/mol. The molecule has 0 heterocycles. The van der Waals surface area contributed by atoms with Crippen LogP contribution in [0.25, 0.3) is 0 Å². The van der Waals surface area contributed by atoms with Gasteiger partial charge in [-0.15, -0.1) is 0 Å². The zero-order valence-corrected chi connectivity index (χ0v) is 19.6. The molecule has 1 aliphatic rings. The van der Waals surface area contributed by atoms with Crippen LogP contribution >= 0.6 is 0 Å². The van der Waals surface area contributed by atoms with E-state index in [-0.39, 0.29) is 18.5 Å². The third kappa shape index (κ3) is 5.73. The molecule has 1 aliphatic carbocycles. The van der Waals surface area contributed by atoms with Crippen molar-refractivity contribution in [3.05, 3.63) is 89.5 Å². The normalized spacial score (nSPS) is 13.8. The minimum atomic E-state index is -3.66. The second kappa shape index (κ2) is 9.67. The molecule has 7 heteroatoms. The number of rotatable bonds is 8. The van der Waals surface area contributed by atoms with Crippen LogP contribution in [0.3, 0.4) is 0 Å². The number of hydrogen-bond acceptors (Lipinski definition) is 4. The number of carbonyl (C=O) groups is 1. The van der Waals surface area contributed by atoms with E-state index in [2.05, 4.69) is 17.4 Å². The smallest absolute Gasteiger partial charge is 0.241 e. The second-order valence-electron chi connectivity index (χ2n) is 8.35. The first-order valence-corrected chi connectivity index (χ1v) is 12.9. The highest BCUT2D eigenvalue weighted by Gasteiger charge is 2.22. The van der Waals surface area contributed by atoms with E-state index in [1.165, 1.54) is 11.1 Å². The van der Waals surface area contributed by atoms with Crippen molar-refractivity contribution in [1.29, 1.82) is 0 Å². The number of ether oxygens (including phenoxy) is 1. The lowest BCUT2D eigenvalue weighted by Crippen LogP contribution is -2.41. The molecule has 33 heavy (non-hydrogen) atoms. The number of nitrogens with zero attached hydrogens (tertiary/aromatic N) is 1. The van der Waals surface area contributed by atoms with Crippen molar-refractivity contribution in [2.45, 2.75) is 32.2 Å². The quantitative estimate of drug-likeness (QED) is 0.528. The number of benzene rings is 3. The fourth-order valence-electron chi connectivity index (χ4n) is 4.07. The number of sulfonamides is 1. The Hall–Kier alpha value is -3.32. The van der Waals surface area contributed by atoms with E-state index in [0.29, 0.717) is 17.2 Å². The van der Waals surface area contributed by atoms with Gasteiger partial charge in [0.15, 0.2) is 0 Å². The van der Waals surface area contributed by atoms with Gasteiger partial charge in [-0.25, -0.2) is 8.42 Å². The van der Waals surface area contributed by atoms with Crippen LogP contribution in [0.2, 0.25) is 0 Å². The van der Waals surface area contributed by atoms with Crippen molar-refractivity contribution in [3.8, 4) is 11.5 Å². The van der Waals surface area contributed by atoms with Gasteiger partial charge in [0, 0.05) is 0 Å². The van der Waals surface area contributed by atoms with Gasteiger partial charge in [0.1, 0.15) is 18.0 Å². The van der Waals surface area contributed by atoms with Crippen LogP contribution in [-0.2, 0) is 27.7 Å². The van der Waals surface area contributed by atoms with Crippen molar-refractivity contribution < 1.29 is 17.9 Å². The number of carbonyl (C=O) groups excluding carboxylic acids is 1. The largest absolute Gasteiger partial charge is 0.457 e. The lowest BCUT2D eigenvalue weighted by atomic mass is 10.0. The minimum Gasteiger partial charge on any atom is -0.457 e. The van der Waals surface area contributed by atoms with E-state index in [1.807, 2.05) is 43.3 Å². The average Bonchev–Trinajstić information content (AvgIpc) is 3.26. The van der Waals surface area contributed by atoms with Gasteiger partial charge in [-0.2, -0.15) is 0 Å². The number of nitrogens with one attached hydrogen (secondary N) is 1. The monoisotopic (exact) mass is 464 g/mol. The first-order valence-electron chi connectivity index (χ1n) is 11.0. The number of fused-ring (bicyclic) bond motifs is 1. The Bertz CT molecular complexity index is 1220. The highest BCUT2D eigenvalue weighted by molar-refractivity contribution is 7.92. The van der Waals surface area contributed by atoms with Gasteiger partial charge in [-0.3, -0.25) is 9.10 Å². The maximum atomic E-state index is 12.8. The second-order valence-corrected chi connectivity index (χ2v) is 10.3. The zero-order chi connectivity index (χ0) is 23.4. The molecule has 0 aliphatic heterocycles. The lowest BCUT2D eigenvalue weighted by Gasteiger charge is -2.23. The van der Waals surface area contributed by atoms with Gasteiger partial charge in [0.05, 0.1) is 18.0 Å². The molecule has 0 radical (unpaired) electrons. The summed E-state index contributed by atoms with van der Waals surface area (Å²) in [5.74, 6) is 0.899.